The number of hydrogen-bond donors (Lipinski definition) is 1. The summed E-state index contributed by atoms with van der Waals surface area (Å²) in [6, 6.07) is 3.13. The average Bonchev–Trinajstić information content (AvgIpc) is 3.02. The molecular weight excluding hydrogens is 290 g/mol. The van der Waals surface area contributed by atoms with E-state index in [4.69, 9.17) is 19.3 Å². The number of hydrogen-bond acceptors (Lipinski definition) is 5. The molecule has 7 heteroatoms. The fraction of sp³-hybridized carbons (Fsp3) is 0.467. The zero-order valence-corrected chi connectivity index (χ0v) is 12.8. The predicted octanol–water partition coefficient (Wildman–Crippen LogP) is 1.26. The molecule has 1 N–H and O–H groups in total. The Hall–Kier alpha value is -2.44. The highest BCUT2D eigenvalue weighted by Gasteiger charge is 2.32. The summed E-state index contributed by atoms with van der Waals surface area (Å²) >= 11 is 0. The van der Waals surface area contributed by atoms with Crippen LogP contribution >= 0.6 is 0 Å². The van der Waals surface area contributed by atoms with Crippen molar-refractivity contribution in [3.8, 4) is 17.2 Å². The van der Waals surface area contributed by atoms with Gasteiger partial charge in [-0.1, -0.05) is 0 Å². The van der Waals surface area contributed by atoms with Crippen LogP contribution in [0.15, 0.2) is 12.1 Å². The lowest BCUT2D eigenvalue weighted by Crippen LogP contribution is -2.30. The number of carboxylic acid groups (broad SMARTS) is 1. The van der Waals surface area contributed by atoms with Crippen molar-refractivity contribution in [1.29, 1.82) is 0 Å². The van der Waals surface area contributed by atoms with Crippen LogP contribution in [0.2, 0.25) is 0 Å². The van der Waals surface area contributed by atoms with Gasteiger partial charge in [0.1, 0.15) is 0 Å². The molecule has 1 saturated heterocycles. The number of likely N-dealkylation sites (tertiary alicyclic amines) is 1. The zero-order chi connectivity index (χ0) is 16.3. The lowest BCUT2D eigenvalue weighted by molar-refractivity contribution is -0.141. The Morgan fingerprint density at radius 1 is 1.14 bits per heavy atom. The minimum absolute atomic E-state index is 0.213. The number of carbonyl (C=O) groups is 2. The maximum atomic E-state index is 12.5. The van der Waals surface area contributed by atoms with Crippen LogP contribution in [0.3, 0.4) is 0 Å². The Bertz CT molecular complexity index is 560. The van der Waals surface area contributed by atoms with Gasteiger partial charge in [-0.3, -0.25) is 9.59 Å². The van der Waals surface area contributed by atoms with Crippen LogP contribution in [-0.4, -0.2) is 56.3 Å². The number of ether oxygens (including phenoxy) is 3. The molecule has 7 nitrogen and oxygen atoms in total. The van der Waals surface area contributed by atoms with E-state index < -0.39 is 11.9 Å². The molecule has 120 valence electrons. The first-order valence-corrected chi connectivity index (χ1v) is 6.83. The van der Waals surface area contributed by atoms with Crippen molar-refractivity contribution in [3.05, 3.63) is 17.7 Å². The smallest absolute Gasteiger partial charge is 0.308 e. The first-order valence-electron chi connectivity index (χ1n) is 6.83. The molecule has 1 aliphatic rings. The van der Waals surface area contributed by atoms with E-state index in [1.54, 1.807) is 12.1 Å². The molecule has 22 heavy (non-hydrogen) atoms. The van der Waals surface area contributed by atoms with E-state index in [1.165, 1.54) is 26.2 Å². The number of rotatable bonds is 5. The van der Waals surface area contributed by atoms with Crippen molar-refractivity contribution in [2.75, 3.05) is 34.4 Å². The molecule has 1 amide bonds. The van der Waals surface area contributed by atoms with Crippen molar-refractivity contribution in [2.24, 2.45) is 5.92 Å². The number of aliphatic carboxylic acids is 1. The number of benzene rings is 1. The normalized spacial score (nSPS) is 17.2. The summed E-state index contributed by atoms with van der Waals surface area (Å²) in [7, 11) is 4.43. The van der Waals surface area contributed by atoms with E-state index in [2.05, 4.69) is 0 Å². The predicted molar refractivity (Wildman–Crippen MR) is 77.7 cm³/mol. The van der Waals surface area contributed by atoms with E-state index in [0.717, 1.165) is 0 Å². The highest BCUT2D eigenvalue weighted by atomic mass is 16.5. The van der Waals surface area contributed by atoms with Crippen LogP contribution in [0, 0.1) is 5.92 Å². The first-order chi connectivity index (χ1) is 10.5. The van der Waals surface area contributed by atoms with Crippen molar-refractivity contribution in [2.45, 2.75) is 6.42 Å². The van der Waals surface area contributed by atoms with E-state index in [0.29, 0.717) is 35.8 Å². The molecule has 1 aliphatic heterocycles. The third kappa shape index (κ3) is 2.93. The molecule has 1 aromatic carbocycles. The second kappa shape index (κ2) is 6.55. The molecule has 1 atom stereocenters. The highest BCUT2D eigenvalue weighted by molar-refractivity contribution is 5.96. The van der Waals surface area contributed by atoms with Crippen LogP contribution in [0.5, 0.6) is 17.2 Å². The minimum Gasteiger partial charge on any atom is -0.493 e. The van der Waals surface area contributed by atoms with E-state index in [-0.39, 0.29) is 12.5 Å². The SMILES string of the molecule is COc1cc(C(=O)N2CCC(C(=O)O)C2)cc(OC)c1OC. The van der Waals surface area contributed by atoms with Crippen LogP contribution in [0.4, 0.5) is 0 Å². The van der Waals surface area contributed by atoms with E-state index in [1.807, 2.05) is 0 Å². The van der Waals surface area contributed by atoms with Crippen LogP contribution in [-0.2, 0) is 4.79 Å². The Labute approximate surface area is 128 Å². The van der Waals surface area contributed by atoms with Gasteiger partial charge in [-0.25, -0.2) is 0 Å². The maximum Gasteiger partial charge on any atom is 0.308 e. The first kappa shape index (κ1) is 15.9. The summed E-state index contributed by atoms with van der Waals surface area (Å²) < 4.78 is 15.7. The van der Waals surface area contributed by atoms with E-state index in [9.17, 15) is 9.59 Å². The Balaban J connectivity index is 2.29. The number of methoxy groups -OCH3 is 3. The maximum absolute atomic E-state index is 12.5. The third-order valence-corrected chi connectivity index (χ3v) is 3.74. The second-order valence-electron chi connectivity index (χ2n) is 4.99. The molecule has 1 unspecified atom stereocenters. The summed E-state index contributed by atoms with van der Waals surface area (Å²) in [6.07, 6.45) is 0.464. The number of carbonyl (C=O) groups excluding carboxylic acids is 1. The topological polar surface area (TPSA) is 85.3 Å². The van der Waals surface area contributed by atoms with Crippen LogP contribution in [0.1, 0.15) is 16.8 Å². The monoisotopic (exact) mass is 309 g/mol. The highest BCUT2D eigenvalue weighted by Crippen LogP contribution is 2.38. The second-order valence-corrected chi connectivity index (χ2v) is 4.99. The Morgan fingerprint density at radius 3 is 2.14 bits per heavy atom. The molecule has 0 saturated carbocycles. The van der Waals surface area contributed by atoms with Gasteiger partial charge < -0.3 is 24.2 Å². The summed E-state index contributed by atoms with van der Waals surface area (Å²) in [6.45, 7) is 0.636. The van der Waals surface area contributed by atoms with Gasteiger partial charge in [0, 0.05) is 18.7 Å². The largest absolute Gasteiger partial charge is 0.493 e. The third-order valence-electron chi connectivity index (χ3n) is 3.74. The Kier molecular flexibility index (Phi) is 4.75. The van der Waals surface area contributed by atoms with Crippen molar-refractivity contribution >= 4 is 11.9 Å². The van der Waals surface area contributed by atoms with Gasteiger partial charge in [-0.2, -0.15) is 0 Å². The zero-order valence-electron chi connectivity index (χ0n) is 12.8. The van der Waals surface area contributed by atoms with Crippen LogP contribution < -0.4 is 14.2 Å². The molecule has 1 heterocycles. The van der Waals surface area contributed by atoms with Gasteiger partial charge in [0.15, 0.2) is 11.5 Å². The standard InChI is InChI=1S/C15H19NO6/c1-20-11-6-10(7-12(21-2)13(11)22-3)14(17)16-5-4-9(8-16)15(18)19/h6-7,9H,4-5,8H2,1-3H3,(H,18,19). The molecule has 2 rings (SSSR count). The summed E-state index contributed by atoms with van der Waals surface area (Å²) in [5.74, 6) is -0.445. The van der Waals surface area contributed by atoms with Gasteiger partial charge in [-0.15, -0.1) is 0 Å². The average molecular weight is 309 g/mol. The number of nitrogens with zero attached hydrogens (tertiary/aromatic N) is 1. The molecule has 0 aliphatic carbocycles. The number of carboxylic acids is 1. The molecule has 0 bridgehead atoms. The summed E-state index contributed by atoms with van der Waals surface area (Å²) in [5, 5.41) is 9.02. The van der Waals surface area contributed by atoms with Gasteiger partial charge in [0.05, 0.1) is 27.2 Å². The number of amides is 1. The summed E-state index contributed by atoms with van der Waals surface area (Å²) in [5.41, 5.74) is 0.375. The quantitative estimate of drug-likeness (QED) is 0.881. The fourth-order valence-electron chi connectivity index (χ4n) is 2.53. The van der Waals surface area contributed by atoms with Gasteiger partial charge in [0.2, 0.25) is 5.75 Å². The van der Waals surface area contributed by atoms with Crippen LogP contribution in [0.25, 0.3) is 0 Å². The van der Waals surface area contributed by atoms with Gasteiger partial charge in [0.25, 0.3) is 5.91 Å². The lowest BCUT2D eigenvalue weighted by atomic mass is 10.1. The van der Waals surface area contributed by atoms with Crippen molar-refractivity contribution in [3.63, 3.8) is 0 Å². The van der Waals surface area contributed by atoms with Crippen molar-refractivity contribution in [1.82, 2.24) is 4.90 Å². The molecule has 0 spiro atoms. The molecule has 1 fully saturated rings. The van der Waals surface area contributed by atoms with Gasteiger partial charge >= 0.3 is 5.97 Å². The fourth-order valence-corrected chi connectivity index (χ4v) is 2.53. The summed E-state index contributed by atoms with van der Waals surface area (Å²) in [4.78, 5) is 25.1. The molecular formula is C15H19NO6. The van der Waals surface area contributed by atoms with Crippen molar-refractivity contribution < 1.29 is 28.9 Å². The molecule has 1 aromatic rings. The molecule has 0 radical (unpaired) electrons. The Morgan fingerprint density at radius 2 is 1.73 bits per heavy atom. The minimum atomic E-state index is -0.875. The lowest BCUT2D eigenvalue weighted by Gasteiger charge is -2.18. The van der Waals surface area contributed by atoms with Gasteiger partial charge in [-0.05, 0) is 18.6 Å². The van der Waals surface area contributed by atoms with E-state index >= 15 is 0 Å². The molecule has 0 aromatic heterocycles.